The fourth-order valence-corrected chi connectivity index (χ4v) is 5.25. The van der Waals surface area contributed by atoms with Crippen LogP contribution in [0.25, 0.3) is 0 Å². The van der Waals surface area contributed by atoms with Crippen molar-refractivity contribution < 1.29 is 38.6 Å². The van der Waals surface area contributed by atoms with Gasteiger partial charge in [-0.2, -0.15) is 0 Å². The molecule has 43 heavy (non-hydrogen) atoms. The van der Waals surface area contributed by atoms with Crippen LogP contribution in [0.1, 0.15) is 143 Å². The van der Waals surface area contributed by atoms with E-state index in [1.165, 1.54) is 44.9 Å². The van der Waals surface area contributed by atoms with Gasteiger partial charge in [0.1, 0.15) is 17.7 Å². The van der Waals surface area contributed by atoms with E-state index in [1.54, 1.807) is 20.8 Å². The molecule has 0 aromatic heterocycles. The SMILES string of the molecule is CCCCCCCCCCCCC[C@@H](CC(N)=O)OC(=O)[C@H](CCCC(=O)O)N(C(=O)OC(C)(C)C)C(=O)[C@H]1CCCN1. The number of amides is 3. The van der Waals surface area contributed by atoms with Crippen molar-refractivity contribution in [3.05, 3.63) is 0 Å². The van der Waals surface area contributed by atoms with Crippen LogP contribution >= 0.6 is 0 Å². The van der Waals surface area contributed by atoms with Gasteiger partial charge in [0.05, 0.1) is 12.5 Å². The Morgan fingerprint density at radius 1 is 0.907 bits per heavy atom. The van der Waals surface area contributed by atoms with Gasteiger partial charge >= 0.3 is 18.0 Å². The van der Waals surface area contributed by atoms with E-state index in [0.717, 1.165) is 37.0 Å². The summed E-state index contributed by atoms with van der Waals surface area (Å²) in [6, 6.07) is -2.09. The molecule has 0 saturated carbocycles. The van der Waals surface area contributed by atoms with Crippen LogP contribution in [0.4, 0.5) is 4.79 Å². The fourth-order valence-electron chi connectivity index (χ4n) is 5.25. The van der Waals surface area contributed by atoms with Crippen molar-refractivity contribution in [1.29, 1.82) is 0 Å². The van der Waals surface area contributed by atoms with Crippen molar-refractivity contribution in [3.8, 4) is 0 Å². The summed E-state index contributed by atoms with van der Waals surface area (Å²) < 4.78 is 11.2. The second kappa shape index (κ2) is 21.1. The first-order chi connectivity index (χ1) is 20.4. The second-order valence-corrected chi connectivity index (χ2v) is 12.7. The van der Waals surface area contributed by atoms with Gasteiger partial charge in [0, 0.05) is 6.42 Å². The monoisotopic (exact) mass is 611 g/mol. The van der Waals surface area contributed by atoms with E-state index in [1.807, 2.05) is 0 Å². The van der Waals surface area contributed by atoms with E-state index in [-0.39, 0.29) is 25.7 Å². The Hall–Kier alpha value is -2.69. The lowest BCUT2D eigenvalue weighted by atomic mass is 10.0. The van der Waals surface area contributed by atoms with Gasteiger partial charge in [0.25, 0.3) is 0 Å². The van der Waals surface area contributed by atoms with E-state index < -0.39 is 53.6 Å². The Morgan fingerprint density at radius 3 is 1.98 bits per heavy atom. The summed E-state index contributed by atoms with van der Waals surface area (Å²) in [5.41, 5.74) is 4.51. The summed E-state index contributed by atoms with van der Waals surface area (Å²) in [4.78, 5) is 64.2. The Balaban J connectivity index is 2.92. The molecule has 11 nitrogen and oxygen atoms in total. The molecule has 1 saturated heterocycles. The van der Waals surface area contributed by atoms with Gasteiger partial charge in [-0.1, -0.05) is 71.1 Å². The van der Waals surface area contributed by atoms with Crippen molar-refractivity contribution in [1.82, 2.24) is 10.2 Å². The number of aliphatic carboxylic acids is 1. The third-order valence-corrected chi connectivity index (χ3v) is 7.48. The maximum atomic E-state index is 13.6. The van der Waals surface area contributed by atoms with Gasteiger partial charge in [-0.15, -0.1) is 0 Å². The number of hydrogen-bond donors (Lipinski definition) is 3. The highest BCUT2D eigenvalue weighted by Crippen LogP contribution is 2.22. The molecule has 1 rings (SSSR count). The first-order valence-corrected chi connectivity index (χ1v) is 16.4. The molecule has 11 heteroatoms. The average Bonchev–Trinajstić information content (AvgIpc) is 3.44. The molecular weight excluding hydrogens is 554 g/mol. The van der Waals surface area contributed by atoms with Crippen LogP contribution in [0, 0.1) is 0 Å². The molecule has 0 aliphatic carbocycles. The van der Waals surface area contributed by atoms with Crippen molar-refractivity contribution in [2.75, 3.05) is 6.54 Å². The number of imide groups is 1. The highest BCUT2D eigenvalue weighted by molar-refractivity contribution is 5.99. The number of nitrogens with zero attached hydrogens (tertiary/aromatic N) is 1. The van der Waals surface area contributed by atoms with Crippen molar-refractivity contribution in [2.24, 2.45) is 5.73 Å². The molecule has 4 N–H and O–H groups in total. The number of unbranched alkanes of at least 4 members (excludes halogenated alkanes) is 10. The molecule has 0 aromatic rings. The summed E-state index contributed by atoms with van der Waals surface area (Å²) in [5, 5.41) is 12.2. The summed E-state index contributed by atoms with van der Waals surface area (Å²) in [7, 11) is 0. The first kappa shape index (κ1) is 38.3. The second-order valence-electron chi connectivity index (χ2n) is 12.7. The number of ether oxygens (including phenoxy) is 2. The molecule has 3 atom stereocenters. The van der Waals surface area contributed by atoms with Crippen LogP contribution in [-0.4, -0.2) is 70.2 Å². The predicted octanol–water partition coefficient (Wildman–Crippen LogP) is 5.61. The summed E-state index contributed by atoms with van der Waals surface area (Å²) in [6.07, 6.45) is 11.9. The average molecular weight is 612 g/mol. The Kier molecular flexibility index (Phi) is 18.8. The molecule has 0 unspecified atom stereocenters. The van der Waals surface area contributed by atoms with Crippen LogP contribution in [0.15, 0.2) is 0 Å². The van der Waals surface area contributed by atoms with Gasteiger partial charge in [0.15, 0.2) is 0 Å². The van der Waals surface area contributed by atoms with Crippen LogP contribution in [0.5, 0.6) is 0 Å². The summed E-state index contributed by atoms with van der Waals surface area (Å²) in [6.45, 7) is 7.75. The molecular formula is C32H57N3O8. The van der Waals surface area contributed by atoms with E-state index >= 15 is 0 Å². The Labute approximate surface area is 258 Å². The van der Waals surface area contributed by atoms with E-state index in [9.17, 15) is 29.1 Å². The highest BCUT2D eigenvalue weighted by atomic mass is 16.6. The molecule has 0 spiro atoms. The third kappa shape index (κ3) is 17.3. The van der Waals surface area contributed by atoms with Crippen molar-refractivity contribution >= 4 is 29.8 Å². The quantitative estimate of drug-likeness (QED) is 0.104. The van der Waals surface area contributed by atoms with Gasteiger partial charge < -0.3 is 25.6 Å². The molecule has 0 aromatic carbocycles. The van der Waals surface area contributed by atoms with Crippen LogP contribution < -0.4 is 11.1 Å². The number of carbonyl (C=O) groups is 5. The number of hydrogen-bond acceptors (Lipinski definition) is 8. The van der Waals surface area contributed by atoms with Gasteiger partial charge in [-0.25, -0.2) is 14.5 Å². The smallest absolute Gasteiger partial charge is 0.417 e. The number of carboxylic acid groups (broad SMARTS) is 1. The van der Waals surface area contributed by atoms with Crippen molar-refractivity contribution in [3.63, 3.8) is 0 Å². The van der Waals surface area contributed by atoms with E-state index in [0.29, 0.717) is 19.4 Å². The van der Waals surface area contributed by atoms with Gasteiger partial charge in [-0.05, 0) is 65.8 Å². The molecule has 0 bridgehead atoms. The molecule has 3 amide bonds. The van der Waals surface area contributed by atoms with Crippen LogP contribution in [0.3, 0.4) is 0 Å². The number of primary amides is 1. The predicted molar refractivity (Wildman–Crippen MR) is 164 cm³/mol. The highest BCUT2D eigenvalue weighted by Gasteiger charge is 2.42. The number of nitrogens with two attached hydrogens (primary N) is 1. The Bertz CT molecular complexity index is 867. The zero-order valence-electron chi connectivity index (χ0n) is 27.0. The summed E-state index contributed by atoms with van der Waals surface area (Å²) in [5.74, 6) is -3.20. The minimum atomic E-state index is -1.41. The number of carbonyl (C=O) groups excluding carboxylic acids is 4. The Morgan fingerprint density at radius 2 is 1.49 bits per heavy atom. The minimum Gasteiger partial charge on any atom is -0.481 e. The molecule has 248 valence electrons. The number of carboxylic acids is 1. The number of esters is 1. The maximum Gasteiger partial charge on any atom is 0.417 e. The lowest BCUT2D eigenvalue weighted by Gasteiger charge is -2.33. The topological polar surface area (TPSA) is 165 Å². The number of nitrogens with one attached hydrogen (secondary N) is 1. The zero-order valence-corrected chi connectivity index (χ0v) is 27.0. The van der Waals surface area contributed by atoms with Gasteiger partial charge in [0.2, 0.25) is 11.8 Å². The normalized spacial score (nSPS) is 16.3. The lowest BCUT2D eigenvalue weighted by Crippen LogP contribution is -2.56. The maximum absolute atomic E-state index is 13.6. The summed E-state index contributed by atoms with van der Waals surface area (Å²) >= 11 is 0. The standard InChI is InChI=1S/C32H57N3O8/c1-5-6-7-8-9-10-11-12-13-14-15-18-24(23-27(33)36)42-30(40)26(20-16-21-28(37)38)35(31(41)43-32(2,3)4)29(39)25-19-17-22-34-25/h24-26,34H,5-23H2,1-4H3,(H2,33,36)(H,37,38)/t24-,25+,26-/m0/s1. The van der Waals surface area contributed by atoms with Gasteiger partial charge in [-0.3, -0.25) is 14.4 Å². The van der Waals surface area contributed by atoms with E-state index in [4.69, 9.17) is 15.2 Å². The lowest BCUT2D eigenvalue weighted by molar-refractivity contribution is -0.161. The zero-order chi connectivity index (χ0) is 32.3. The van der Waals surface area contributed by atoms with Crippen LogP contribution in [-0.2, 0) is 28.7 Å². The molecule has 1 fully saturated rings. The molecule has 0 radical (unpaired) electrons. The van der Waals surface area contributed by atoms with Crippen LogP contribution in [0.2, 0.25) is 0 Å². The van der Waals surface area contributed by atoms with Crippen molar-refractivity contribution in [2.45, 2.75) is 167 Å². The number of rotatable bonds is 22. The van der Waals surface area contributed by atoms with E-state index in [2.05, 4.69) is 12.2 Å². The third-order valence-electron chi connectivity index (χ3n) is 7.48. The minimum absolute atomic E-state index is 0.0266. The first-order valence-electron chi connectivity index (χ1n) is 16.4. The molecule has 1 heterocycles. The molecule has 1 aliphatic rings. The largest absolute Gasteiger partial charge is 0.481 e. The fraction of sp³-hybridized carbons (Fsp3) is 0.844. The molecule has 1 aliphatic heterocycles.